The number of ether oxygens (including phenoxy) is 2. The fourth-order valence-electron chi connectivity index (χ4n) is 3.72. The van der Waals surface area contributed by atoms with Crippen molar-refractivity contribution in [1.29, 1.82) is 0 Å². The Bertz CT molecular complexity index is 1290. The molecule has 0 aliphatic heterocycles. The van der Waals surface area contributed by atoms with Crippen molar-refractivity contribution in [2.75, 3.05) is 13.2 Å². The van der Waals surface area contributed by atoms with Gasteiger partial charge in [0.05, 0.1) is 11.0 Å². The zero-order valence-electron chi connectivity index (χ0n) is 17.6. The second kappa shape index (κ2) is 10.2. The molecule has 4 nitrogen and oxygen atoms in total. The average Bonchev–Trinajstić information content (AvgIpc) is 3.17. The number of benzene rings is 4. The van der Waals surface area contributed by atoms with E-state index in [-0.39, 0.29) is 12.4 Å². The first kappa shape index (κ1) is 21.8. The standard InChI is InChI=1S/C27H24N2O2.ClH/c1-3-7-20(8-4-1)19-28-15-16-30-22-11-13-24-25-14-12-23(18-27(25)29-26(24)17-22)31-21-9-5-2-6-10-21;/h1-14,17-18,28-29H,15-16,19H2;1H. The highest BCUT2D eigenvalue weighted by molar-refractivity contribution is 6.07. The van der Waals surface area contributed by atoms with Gasteiger partial charge in [-0.05, 0) is 42.0 Å². The van der Waals surface area contributed by atoms with Crippen LogP contribution >= 0.6 is 12.4 Å². The van der Waals surface area contributed by atoms with Gasteiger partial charge < -0.3 is 19.8 Å². The van der Waals surface area contributed by atoms with Crippen molar-refractivity contribution in [1.82, 2.24) is 10.3 Å². The van der Waals surface area contributed by atoms with Crippen LogP contribution in [-0.2, 0) is 6.54 Å². The van der Waals surface area contributed by atoms with E-state index in [2.05, 4.69) is 52.8 Å². The number of para-hydroxylation sites is 1. The third-order valence-corrected chi connectivity index (χ3v) is 5.24. The zero-order chi connectivity index (χ0) is 20.9. The maximum absolute atomic E-state index is 5.96. The molecule has 0 bridgehead atoms. The minimum Gasteiger partial charge on any atom is -0.492 e. The van der Waals surface area contributed by atoms with Gasteiger partial charge in [0.1, 0.15) is 23.9 Å². The van der Waals surface area contributed by atoms with E-state index in [1.807, 2.05) is 54.6 Å². The lowest BCUT2D eigenvalue weighted by Crippen LogP contribution is -2.20. The van der Waals surface area contributed by atoms with E-state index in [4.69, 9.17) is 9.47 Å². The number of aromatic nitrogens is 1. The third-order valence-electron chi connectivity index (χ3n) is 5.24. The van der Waals surface area contributed by atoms with E-state index in [1.54, 1.807) is 0 Å². The Morgan fingerprint density at radius 2 is 1.28 bits per heavy atom. The number of hydrogen-bond acceptors (Lipinski definition) is 3. The summed E-state index contributed by atoms with van der Waals surface area (Å²) in [5.41, 5.74) is 3.38. The highest BCUT2D eigenvalue weighted by Crippen LogP contribution is 2.32. The second-order valence-electron chi connectivity index (χ2n) is 7.47. The van der Waals surface area contributed by atoms with Gasteiger partial charge in [-0.25, -0.2) is 0 Å². The average molecular weight is 445 g/mol. The van der Waals surface area contributed by atoms with Crippen LogP contribution < -0.4 is 14.8 Å². The van der Waals surface area contributed by atoms with Gasteiger partial charge in [0.25, 0.3) is 0 Å². The van der Waals surface area contributed by atoms with Gasteiger partial charge in [-0.3, -0.25) is 0 Å². The first-order valence-electron chi connectivity index (χ1n) is 10.5. The Morgan fingerprint density at radius 1 is 0.656 bits per heavy atom. The molecular formula is C27H25ClN2O2. The molecule has 0 unspecified atom stereocenters. The second-order valence-corrected chi connectivity index (χ2v) is 7.47. The minimum absolute atomic E-state index is 0. The molecule has 0 radical (unpaired) electrons. The largest absolute Gasteiger partial charge is 0.492 e. The maximum atomic E-state index is 5.96. The number of halogens is 1. The Morgan fingerprint density at radius 3 is 2.00 bits per heavy atom. The summed E-state index contributed by atoms with van der Waals surface area (Å²) in [7, 11) is 0. The maximum Gasteiger partial charge on any atom is 0.129 e. The predicted octanol–water partition coefficient (Wildman–Crippen LogP) is 6.70. The molecule has 0 saturated heterocycles. The highest BCUT2D eigenvalue weighted by atomic mass is 35.5. The summed E-state index contributed by atoms with van der Waals surface area (Å²) in [5, 5.41) is 5.76. The fourth-order valence-corrected chi connectivity index (χ4v) is 3.72. The molecule has 1 aromatic heterocycles. The summed E-state index contributed by atoms with van der Waals surface area (Å²) >= 11 is 0. The Hall–Kier alpha value is -3.47. The first-order valence-corrected chi connectivity index (χ1v) is 10.5. The van der Waals surface area contributed by atoms with Gasteiger partial charge in [0, 0.05) is 36.0 Å². The van der Waals surface area contributed by atoms with Gasteiger partial charge in [-0.2, -0.15) is 0 Å². The Labute approximate surface area is 193 Å². The molecule has 0 spiro atoms. The number of hydrogen-bond donors (Lipinski definition) is 2. The van der Waals surface area contributed by atoms with Gasteiger partial charge in [0.2, 0.25) is 0 Å². The molecule has 0 aliphatic carbocycles. The molecule has 0 aliphatic rings. The number of aromatic amines is 1. The lowest BCUT2D eigenvalue weighted by Gasteiger charge is -2.08. The van der Waals surface area contributed by atoms with E-state index in [0.717, 1.165) is 41.4 Å². The van der Waals surface area contributed by atoms with Crippen molar-refractivity contribution < 1.29 is 9.47 Å². The summed E-state index contributed by atoms with van der Waals surface area (Å²) in [6.07, 6.45) is 0. The van der Waals surface area contributed by atoms with Crippen LogP contribution in [0.1, 0.15) is 5.56 Å². The van der Waals surface area contributed by atoms with Crippen LogP contribution in [0.4, 0.5) is 0 Å². The lowest BCUT2D eigenvalue weighted by molar-refractivity contribution is 0.314. The quantitative estimate of drug-likeness (QED) is 0.262. The van der Waals surface area contributed by atoms with Crippen molar-refractivity contribution in [3.63, 3.8) is 0 Å². The molecule has 0 saturated carbocycles. The van der Waals surface area contributed by atoms with Gasteiger partial charge in [-0.1, -0.05) is 48.5 Å². The molecule has 5 heteroatoms. The Balaban J connectivity index is 0.00000245. The molecular weight excluding hydrogens is 420 g/mol. The van der Waals surface area contributed by atoms with Crippen molar-refractivity contribution >= 4 is 34.2 Å². The van der Waals surface area contributed by atoms with E-state index in [1.165, 1.54) is 16.3 Å². The molecule has 5 aromatic rings. The number of H-pyrrole nitrogens is 1. The molecule has 162 valence electrons. The van der Waals surface area contributed by atoms with E-state index >= 15 is 0 Å². The summed E-state index contributed by atoms with van der Waals surface area (Å²) < 4.78 is 11.9. The summed E-state index contributed by atoms with van der Waals surface area (Å²) in [4.78, 5) is 3.49. The van der Waals surface area contributed by atoms with Gasteiger partial charge in [0.15, 0.2) is 0 Å². The van der Waals surface area contributed by atoms with Gasteiger partial charge in [-0.15, -0.1) is 12.4 Å². The van der Waals surface area contributed by atoms with Crippen LogP contribution in [0.25, 0.3) is 21.8 Å². The highest BCUT2D eigenvalue weighted by Gasteiger charge is 2.07. The molecule has 0 amide bonds. The third kappa shape index (κ3) is 5.05. The SMILES string of the molecule is Cl.c1ccc(CNCCOc2ccc3c(c2)[nH]c2cc(Oc4ccccc4)ccc23)cc1. The normalized spacial score (nSPS) is 10.8. The van der Waals surface area contributed by atoms with E-state index in [0.29, 0.717) is 6.61 Å². The molecule has 32 heavy (non-hydrogen) atoms. The summed E-state index contributed by atoms with van der Waals surface area (Å²) in [6, 6.07) is 32.5. The van der Waals surface area contributed by atoms with Crippen molar-refractivity contribution in [3.05, 3.63) is 103 Å². The van der Waals surface area contributed by atoms with Crippen molar-refractivity contribution in [2.45, 2.75) is 6.54 Å². The number of nitrogens with one attached hydrogen (secondary N) is 2. The lowest BCUT2D eigenvalue weighted by atomic mass is 10.1. The summed E-state index contributed by atoms with van der Waals surface area (Å²) in [6.45, 7) is 2.26. The molecule has 4 aromatic carbocycles. The predicted molar refractivity (Wildman–Crippen MR) is 133 cm³/mol. The first-order chi connectivity index (χ1) is 15.3. The van der Waals surface area contributed by atoms with Gasteiger partial charge >= 0.3 is 0 Å². The van der Waals surface area contributed by atoms with Crippen LogP contribution in [-0.4, -0.2) is 18.1 Å². The van der Waals surface area contributed by atoms with Crippen molar-refractivity contribution in [2.24, 2.45) is 0 Å². The Kier molecular flexibility index (Phi) is 6.95. The molecule has 0 fully saturated rings. The van der Waals surface area contributed by atoms with Crippen LogP contribution in [0.5, 0.6) is 17.2 Å². The summed E-state index contributed by atoms with van der Waals surface area (Å²) in [5.74, 6) is 2.50. The number of rotatable bonds is 8. The zero-order valence-corrected chi connectivity index (χ0v) is 18.4. The molecule has 1 heterocycles. The number of fused-ring (bicyclic) bond motifs is 3. The molecule has 2 N–H and O–H groups in total. The monoisotopic (exact) mass is 444 g/mol. The minimum atomic E-state index is 0. The topological polar surface area (TPSA) is 46.3 Å². The smallest absolute Gasteiger partial charge is 0.129 e. The molecule has 0 atom stereocenters. The van der Waals surface area contributed by atoms with E-state index < -0.39 is 0 Å². The molecule has 5 rings (SSSR count). The van der Waals surface area contributed by atoms with Crippen LogP contribution in [0, 0.1) is 0 Å². The van der Waals surface area contributed by atoms with Crippen LogP contribution in [0.15, 0.2) is 97.1 Å². The van der Waals surface area contributed by atoms with Crippen molar-refractivity contribution in [3.8, 4) is 17.2 Å². The van der Waals surface area contributed by atoms with E-state index in [9.17, 15) is 0 Å². The van der Waals surface area contributed by atoms with Crippen LogP contribution in [0.2, 0.25) is 0 Å². The fraction of sp³-hybridized carbons (Fsp3) is 0.111. The van der Waals surface area contributed by atoms with Crippen LogP contribution in [0.3, 0.4) is 0 Å².